The van der Waals surface area contributed by atoms with E-state index in [-0.39, 0.29) is 36.4 Å². The molecule has 198 valence electrons. The first-order valence-electron chi connectivity index (χ1n) is 13.0. The monoisotopic (exact) mass is 513 g/mol. The minimum absolute atomic E-state index is 0.0760. The van der Waals surface area contributed by atoms with E-state index < -0.39 is 23.8 Å². The van der Waals surface area contributed by atoms with Gasteiger partial charge in [0.1, 0.15) is 23.0 Å². The van der Waals surface area contributed by atoms with Gasteiger partial charge >= 0.3 is 0 Å². The number of amides is 2. The number of nitrogens with one attached hydrogen (secondary N) is 2. The third-order valence-corrected chi connectivity index (χ3v) is 7.73. The molecule has 0 unspecified atom stereocenters. The van der Waals surface area contributed by atoms with Gasteiger partial charge in [0.15, 0.2) is 0 Å². The normalized spacial score (nSPS) is 21.7. The van der Waals surface area contributed by atoms with E-state index in [4.69, 9.17) is 4.74 Å². The summed E-state index contributed by atoms with van der Waals surface area (Å²) in [4.78, 5) is 25.9. The van der Waals surface area contributed by atoms with Crippen LogP contribution in [0.25, 0.3) is 0 Å². The SMILES string of the molecule is CC(=O)N[C@@H](Cc1cc(F)cc(F)c1)[C@@H](O)CN[C@H]1CC2(CCC2)Oc2ccc(N3CCCC3=O)cc21. The maximum Gasteiger partial charge on any atom is 0.227 e. The Balaban J connectivity index is 1.34. The topological polar surface area (TPSA) is 90.9 Å². The molecule has 37 heavy (non-hydrogen) atoms. The van der Waals surface area contributed by atoms with Crippen molar-refractivity contribution in [2.24, 2.45) is 0 Å². The van der Waals surface area contributed by atoms with Gasteiger partial charge in [-0.05, 0) is 68.0 Å². The third-order valence-electron chi connectivity index (χ3n) is 7.73. The predicted octanol–water partition coefficient (Wildman–Crippen LogP) is 3.54. The Morgan fingerprint density at radius 3 is 2.57 bits per heavy atom. The fraction of sp³-hybridized carbons (Fsp3) is 0.500. The van der Waals surface area contributed by atoms with Gasteiger partial charge in [-0.2, -0.15) is 0 Å². The van der Waals surface area contributed by atoms with E-state index in [1.807, 2.05) is 18.2 Å². The molecular formula is C28H33F2N3O4. The van der Waals surface area contributed by atoms with Crippen molar-refractivity contribution in [3.63, 3.8) is 0 Å². The van der Waals surface area contributed by atoms with E-state index in [0.29, 0.717) is 18.5 Å². The van der Waals surface area contributed by atoms with Crippen molar-refractivity contribution in [2.45, 2.75) is 75.7 Å². The highest BCUT2D eigenvalue weighted by Gasteiger charge is 2.46. The van der Waals surface area contributed by atoms with Crippen molar-refractivity contribution < 1.29 is 28.2 Å². The van der Waals surface area contributed by atoms with Crippen molar-refractivity contribution >= 4 is 17.5 Å². The van der Waals surface area contributed by atoms with E-state index in [9.17, 15) is 23.5 Å². The first-order valence-corrected chi connectivity index (χ1v) is 13.0. The zero-order valence-electron chi connectivity index (χ0n) is 20.9. The van der Waals surface area contributed by atoms with Crippen LogP contribution in [0, 0.1) is 11.6 Å². The summed E-state index contributed by atoms with van der Waals surface area (Å²) < 4.78 is 33.8. The summed E-state index contributed by atoms with van der Waals surface area (Å²) in [6.07, 6.45) is 4.18. The third kappa shape index (κ3) is 5.62. The number of aliphatic hydroxyl groups is 1. The summed E-state index contributed by atoms with van der Waals surface area (Å²) >= 11 is 0. The average molecular weight is 514 g/mol. The summed E-state index contributed by atoms with van der Waals surface area (Å²) in [5.41, 5.74) is 1.88. The Morgan fingerprint density at radius 1 is 1.19 bits per heavy atom. The van der Waals surface area contributed by atoms with Crippen LogP contribution >= 0.6 is 0 Å². The minimum atomic E-state index is -1.01. The highest BCUT2D eigenvalue weighted by atomic mass is 19.1. The smallest absolute Gasteiger partial charge is 0.227 e. The van der Waals surface area contributed by atoms with Gasteiger partial charge in [-0.3, -0.25) is 9.59 Å². The molecule has 1 saturated heterocycles. The summed E-state index contributed by atoms with van der Waals surface area (Å²) in [7, 11) is 0. The molecule has 1 saturated carbocycles. The molecule has 9 heteroatoms. The van der Waals surface area contributed by atoms with Crippen LogP contribution in [0.2, 0.25) is 0 Å². The molecule has 3 atom stereocenters. The molecule has 2 aromatic carbocycles. The lowest BCUT2D eigenvalue weighted by molar-refractivity contribution is -0.120. The molecule has 0 bridgehead atoms. The number of hydrogen-bond donors (Lipinski definition) is 3. The predicted molar refractivity (Wildman–Crippen MR) is 134 cm³/mol. The first-order chi connectivity index (χ1) is 17.7. The van der Waals surface area contributed by atoms with Crippen molar-refractivity contribution in [3.05, 3.63) is 59.2 Å². The minimum Gasteiger partial charge on any atom is -0.487 e. The number of nitrogens with zero attached hydrogens (tertiary/aromatic N) is 1. The number of hydrogen-bond acceptors (Lipinski definition) is 5. The van der Waals surface area contributed by atoms with E-state index in [1.165, 1.54) is 19.1 Å². The number of carbonyl (C=O) groups is 2. The van der Waals surface area contributed by atoms with Crippen LogP contribution < -0.4 is 20.3 Å². The average Bonchev–Trinajstić information content (AvgIpc) is 3.25. The number of halogens is 2. The second-order valence-electron chi connectivity index (χ2n) is 10.5. The fourth-order valence-electron chi connectivity index (χ4n) is 5.74. The molecule has 2 amide bonds. The van der Waals surface area contributed by atoms with Crippen LogP contribution in [0.15, 0.2) is 36.4 Å². The maximum absolute atomic E-state index is 13.7. The standard InChI is InChI=1S/C28H33F2N3O4/c1-17(34)32-23(12-18-10-19(29)13-20(30)11-18)25(35)16-31-24-15-28(7-3-8-28)37-26-6-5-21(14-22(24)26)33-9-2-4-27(33)36/h5-6,10-11,13-14,23-25,31,35H,2-4,7-9,12,15-16H2,1H3,(H,32,34)/t23-,24-,25-/m0/s1. The molecule has 2 aliphatic heterocycles. The Bertz CT molecular complexity index is 1170. The number of rotatable bonds is 8. The summed E-state index contributed by atoms with van der Waals surface area (Å²) in [6.45, 7) is 2.18. The van der Waals surface area contributed by atoms with Gasteiger partial charge in [-0.25, -0.2) is 8.78 Å². The Morgan fingerprint density at radius 2 is 1.95 bits per heavy atom. The van der Waals surface area contributed by atoms with Crippen LogP contribution in [-0.4, -0.2) is 47.8 Å². The Kier molecular flexibility index (Phi) is 7.18. The molecule has 7 nitrogen and oxygen atoms in total. The van der Waals surface area contributed by atoms with Gasteiger partial charge in [0, 0.05) is 56.2 Å². The second-order valence-corrected chi connectivity index (χ2v) is 10.5. The van der Waals surface area contributed by atoms with Crippen molar-refractivity contribution in [2.75, 3.05) is 18.0 Å². The number of carbonyl (C=O) groups excluding carboxylic acids is 2. The summed E-state index contributed by atoms with van der Waals surface area (Å²) in [5, 5.41) is 17.2. The van der Waals surface area contributed by atoms with Crippen molar-refractivity contribution in [3.8, 4) is 5.75 Å². The second kappa shape index (κ2) is 10.4. The van der Waals surface area contributed by atoms with Gasteiger partial charge in [-0.1, -0.05) is 0 Å². The van der Waals surface area contributed by atoms with Crippen LogP contribution in [0.1, 0.15) is 62.6 Å². The van der Waals surface area contributed by atoms with Gasteiger partial charge in [0.05, 0.1) is 12.1 Å². The quantitative estimate of drug-likeness (QED) is 0.503. The molecule has 1 aliphatic carbocycles. The molecule has 3 aliphatic rings. The number of fused-ring (bicyclic) bond motifs is 1. The number of anilines is 1. The largest absolute Gasteiger partial charge is 0.487 e. The number of benzene rings is 2. The zero-order chi connectivity index (χ0) is 26.2. The van der Waals surface area contributed by atoms with Crippen molar-refractivity contribution in [1.82, 2.24) is 10.6 Å². The molecule has 1 spiro atoms. The van der Waals surface area contributed by atoms with Crippen LogP contribution in [0.5, 0.6) is 5.75 Å². The van der Waals surface area contributed by atoms with E-state index >= 15 is 0 Å². The maximum atomic E-state index is 13.7. The molecule has 2 fully saturated rings. The van der Waals surface area contributed by atoms with Gasteiger partial charge in [-0.15, -0.1) is 0 Å². The lowest BCUT2D eigenvalue weighted by Crippen LogP contribution is -2.52. The Hall–Kier alpha value is -3.04. The van der Waals surface area contributed by atoms with Gasteiger partial charge < -0.3 is 25.4 Å². The lowest BCUT2D eigenvalue weighted by Gasteiger charge is -2.48. The first kappa shape index (κ1) is 25.6. The molecule has 2 aromatic rings. The highest BCUT2D eigenvalue weighted by Crippen LogP contribution is 2.49. The Labute approximate surface area is 215 Å². The highest BCUT2D eigenvalue weighted by molar-refractivity contribution is 5.95. The molecular weight excluding hydrogens is 480 g/mol. The van der Waals surface area contributed by atoms with Crippen LogP contribution in [-0.2, 0) is 16.0 Å². The molecule has 0 radical (unpaired) electrons. The van der Waals surface area contributed by atoms with Gasteiger partial charge in [0.25, 0.3) is 0 Å². The zero-order valence-corrected chi connectivity index (χ0v) is 20.9. The lowest BCUT2D eigenvalue weighted by atomic mass is 9.73. The molecule has 5 rings (SSSR count). The molecule has 3 N–H and O–H groups in total. The van der Waals surface area contributed by atoms with Gasteiger partial charge in [0.2, 0.25) is 11.8 Å². The number of ether oxygens (including phenoxy) is 1. The van der Waals surface area contributed by atoms with Crippen LogP contribution in [0.3, 0.4) is 0 Å². The van der Waals surface area contributed by atoms with E-state index in [0.717, 1.165) is 55.2 Å². The fourth-order valence-corrected chi connectivity index (χ4v) is 5.74. The van der Waals surface area contributed by atoms with Crippen LogP contribution in [0.4, 0.5) is 14.5 Å². The molecule has 2 heterocycles. The molecule has 0 aromatic heterocycles. The number of aliphatic hydroxyl groups excluding tert-OH is 1. The van der Waals surface area contributed by atoms with E-state index in [2.05, 4.69) is 10.6 Å². The summed E-state index contributed by atoms with van der Waals surface area (Å²) in [6, 6.07) is 8.18. The van der Waals surface area contributed by atoms with Crippen molar-refractivity contribution in [1.29, 1.82) is 0 Å². The summed E-state index contributed by atoms with van der Waals surface area (Å²) in [5.74, 6) is -0.867. The van der Waals surface area contributed by atoms with E-state index in [1.54, 1.807) is 4.90 Å².